The van der Waals surface area contributed by atoms with Gasteiger partial charge in [0, 0.05) is 142 Å². The Kier molecular flexibility index (Phi) is 38.3. The molecule has 0 aliphatic carbocycles. The Morgan fingerprint density at radius 1 is 0.374 bits per heavy atom. The number of aliphatic carboxylic acids is 2. The number of phenolic OH excluding ortho intramolecular Hbond substituents is 1. The van der Waals surface area contributed by atoms with Crippen LogP contribution in [0.3, 0.4) is 0 Å². The molecule has 0 spiro atoms. The number of nitrogens with two attached hydrogens (primary N) is 1. The van der Waals surface area contributed by atoms with Gasteiger partial charge in [0.15, 0.2) is 11.6 Å². The summed E-state index contributed by atoms with van der Waals surface area (Å²) in [6, 6.07) is 46.6. The molecule has 10 heterocycles. The van der Waals surface area contributed by atoms with Gasteiger partial charge in [0.2, 0.25) is 0 Å². The van der Waals surface area contributed by atoms with Crippen LogP contribution in [-0.4, -0.2) is 121 Å². The van der Waals surface area contributed by atoms with E-state index < -0.39 is 23.6 Å². The van der Waals surface area contributed by atoms with Crippen molar-refractivity contribution in [1.29, 1.82) is 0 Å². The third-order valence-electron chi connectivity index (χ3n) is 24.5. The normalized spacial score (nSPS) is 16.0. The zero-order valence-corrected chi connectivity index (χ0v) is 90.1. The number of aromatic nitrogens is 3. The molecule has 3 aromatic heterocycles. The smallest absolute Gasteiger partial charge is 0.328 e. The minimum atomic E-state index is -1.26. The molecule has 1 atom stereocenters. The number of rotatable bonds is 19. The maximum atomic E-state index is 12.1. The van der Waals surface area contributed by atoms with Crippen molar-refractivity contribution in [1.82, 2.24) is 15.0 Å². The molecule has 8 aromatic carbocycles. The molecule has 6 N–H and O–H groups in total. The van der Waals surface area contributed by atoms with Crippen LogP contribution >= 0.6 is 0 Å². The number of benzene rings is 8. The Bertz CT molecular complexity index is 6650. The molecule has 7 aliphatic heterocycles. The maximum Gasteiger partial charge on any atom is 0.328 e. The van der Waals surface area contributed by atoms with Crippen molar-refractivity contribution in [2.45, 2.75) is 308 Å². The molecule has 776 valence electrons. The number of nitrogen functional groups attached to an aromatic ring is 1. The molecule has 7 aliphatic rings. The van der Waals surface area contributed by atoms with Crippen molar-refractivity contribution >= 4 is 115 Å². The number of Topliss-reactive ketones (excluding diaryl/α,β-unsaturated/α-hetero) is 6. The predicted octanol–water partition coefficient (Wildman–Crippen LogP) is 27.1. The maximum absolute atomic E-state index is 12.1. The number of carbonyl (C=O) groups is 8. The van der Waals surface area contributed by atoms with E-state index in [0.29, 0.717) is 93.5 Å². The highest BCUT2D eigenvalue weighted by Gasteiger charge is 2.36. The summed E-state index contributed by atoms with van der Waals surface area (Å²) in [6.45, 7) is 50.1. The predicted molar refractivity (Wildman–Crippen MR) is 587 cm³/mol. The molecule has 147 heavy (non-hydrogen) atoms. The fraction of sp³-hybridized carbons (Fsp3) is 0.379. The van der Waals surface area contributed by atoms with Crippen LogP contribution in [0.25, 0.3) is 63.1 Å². The highest BCUT2D eigenvalue weighted by molar-refractivity contribution is 6.01. The highest BCUT2D eigenvalue weighted by Crippen LogP contribution is 2.44. The molecule has 0 saturated heterocycles. The average molecular weight is 2000 g/mol. The number of aromatic hydroxyl groups is 1. The lowest BCUT2D eigenvalue weighted by atomic mass is 9.90. The minimum Gasteiger partial charge on any atom is -0.507 e. The summed E-state index contributed by atoms with van der Waals surface area (Å²) in [5.74, 6) is 4.29. The van der Waals surface area contributed by atoms with Crippen LogP contribution in [0.2, 0.25) is 0 Å². The quantitative estimate of drug-likeness (QED) is 0.0285. The number of ether oxygens (including phenoxy) is 7. The molecular formula is C124H146N4O19. The topological polar surface area (TPSA) is 347 Å². The number of hydrogen-bond donors (Lipinski definition) is 5. The van der Waals surface area contributed by atoms with Gasteiger partial charge in [-0.1, -0.05) is 82.3 Å². The van der Waals surface area contributed by atoms with Crippen molar-refractivity contribution in [2.75, 3.05) is 5.73 Å². The van der Waals surface area contributed by atoms with E-state index in [-0.39, 0.29) is 73.8 Å². The lowest BCUT2D eigenvalue weighted by molar-refractivity contribution is -0.134. The number of carboxylic acids is 2. The lowest BCUT2D eigenvalue weighted by Crippen LogP contribution is -2.35. The number of aliphatic hydroxyl groups excluding tert-OH is 1. The summed E-state index contributed by atoms with van der Waals surface area (Å²) in [7, 11) is 0. The summed E-state index contributed by atoms with van der Waals surface area (Å²) in [5, 5.41) is 38.8. The van der Waals surface area contributed by atoms with Crippen LogP contribution < -0.4 is 38.9 Å². The molecule has 18 rings (SSSR count). The summed E-state index contributed by atoms with van der Waals surface area (Å²) < 4.78 is 41.2. The van der Waals surface area contributed by atoms with Crippen LogP contribution in [0, 0.1) is 41.5 Å². The number of aliphatic hydroxyl groups is 1. The van der Waals surface area contributed by atoms with Crippen LogP contribution in [0.15, 0.2) is 188 Å². The van der Waals surface area contributed by atoms with E-state index in [0.717, 1.165) is 155 Å². The van der Waals surface area contributed by atoms with Gasteiger partial charge in [-0.05, 0) is 362 Å². The van der Waals surface area contributed by atoms with Crippen molar-refractivity contribution in [2.24, 2.45) is 0 Å². The molecule has 0 amide bonds. The van der Waals surface area contributed by atoms with Gasteiger partial charge in [-0.25, -0.2) is 9.59 Å². The van der Waals surface area contributed by atoms with Gasteiger partial charge in [-0.3, -0.25) is 43.7 Å². The van der Waals surface area contributed by atoms with Crippen LogP contribution in [0.5, 0.6) is 46.0 Å². The van der Waals surface area contributed by atoms with E-state index in [4.69, 9.17) is 49.1 Å². The van der Waals surface area contributed by atoms with Crippen molar-refractivity contribution in [3.8, 4) is 46.0 Å². The van der Waals surface area contributed by atoms with Gasteiger partial charge in [0.25, 0.3) is 0 Å². The Morgan fingerprint density at radius 2 is 0.687 bits per heavy atom. The number of fused-ring (bicyclic) bond motifs is 10. The van der Waals surface area contributed by atoms with E-state index in [1.807, 2.05) is 177 Å². The second-order valence-corrected chi connectivity index (χ2v) is 42.4. The number of phenols is 1. The van der Waals surface area contributed by atoms with E-state index in [9.17, 15) is 48.6 Å². The summed E-state index contributed by atoms with van der Waals surface area (Å²) in [6.07, 6.45) is 30.0. The van der Waals surface area contributed by atoms with Gasteiger partial charge in [-0.15, -0.1) is 0 Å². The largest absolute Gasteiger partial charge is 0.507 e. The Hall–Kier alpha value is -14.5. The average Bonchev–Trinajstić information content (AvgIpc) is 0.740. The third kappa shape index (κ3) is 34.1. The number of carbonyl (C=O) groups excluding carboxylic acids is 6. The first-order chi connectivity index (χ1) is 68.9. The van der Waals surface area contributed by atoms with E-state index in [1.54, 1.807) is 18.2 Å². The second-order valence-electron chi connectivity index (χ2n) is 42.4. The van der Waals surface area contributed by atoms with Crippen LogP contribution in [0.1, 0.15) is 312 Å². The fourth-order valence-electron chi connectivity index (χ4n) is 17.5. The van der Waals surface area contributed by atoms with Gasteiger partial charge in [0.1, 0.15) is 108 Å². The van der Waals surface area contributed by atoms with E-state index in [2.05, 4.69) is 187 Å². The van der Waals surface area contributed by atoms with Crippen LogP contribution in [0.4, 0.5) is 5.69 Å². The molecule has 0 radical (unpaired) electrons. The summed E-state index contributed by atoms with van der Waals surface area (Å²) in [4.78, 5) is 103. The molecule has 1 unspecified atom stereocenters. The first kappa shape index (κ1) is 114. The fourth-order valence-corrected chi connectivity index (χ4v) is 17.5. The van der Waals surface area contributed by atoms with Gasteiger partial charge in [0.05, 0.1) is 40.2 Å². The number of anilines is 1. The third-order valence-corrected chi connectivity index (χ3v) is 24.5. The van der Waals surface area contributed by atoms with Crippen molar-refractivity contribution in [3.05, 3.63) is 289 Å². The zero-order valence-electron chi connectivity index (χ0n) is 90.1. The van der Waals surface area contributed by atoms with Gasteiger partial charge in [-0.2, -0.15) is 0 Å². The van der Waals surface area contributed by atoms with E-state index in [1.165, 1.54) is 45.8 Å². The molecular weight excluding hydrogens is 1850 g/mol. The Labute approximate surface area is 865 Å². The van der Waals surface area contributed by atoms with Gasteiger partial charge < -0.3 is 59.3 Å². The van der Waals surface area contributed by atoms with Crippen molar-refractivity contribution < 1.29 is 91.9 Å². The van der Waals surface area contributed by atoms with Gasteiger partial charge >= 0.3 is 11.9 Å². The number of ketones is 6. The molecule has 0 saturated carbocycles. The van der Waals surface area contributed by atoms with Crippen molar-refractivity contribution in [3.63, 3.8) is 0 Å². The second kappa shape index (κ2) is 49.2. The lowest BCUT2D eigenvalue weighted by Gasteiger charge is -2.35. The first-order valence-corrected chi connectivity index (χ1v) is 50.5. The summed E-state index contributed by atoms with van der Waals surface area (Å²) >= 11 is 0. The minimum absolute atomic E-state index is 0.0285. The van der Waals surface area contributed by atoms with Crippen LogP contribution in [-0.2, 0) is 54.5 Å². The molecule has 0 fully saturated rings. The number of pyridine rings is 3. The number of nitrogens with zero attached hydrogens (tertiary/aromatic N) is 3. The highest BCUT2D eigenvalue weighted by atomic mass is 16.5. The van der Waals surface area contributed by atoms with E-state index >= 15 is 0 Å². The Balaban J connectivity index is 0.000000170. The Morgan fingerprint density at radius 3 is 1.05 bits per heavy atom. The monoisotopic (exact) mass is 2000 g/mol. The molecule has 23 nitrogen and oxygen atoms in total. The SMILES string of the molecule is CC1(C)C=Cc2cc(N)ccc2O1.CCCC(=O)Cc1ccc(O)c(C(C)=O)c1.CCCC(=O)Cc1ccc2c(c1)C(=O)CC(C)(C)O2.CCCC(=O)Cc1ccc2c(c1)C(O)CC(C)(C)O2.CCCC(=O)Cc1ccc2c(c1)C=CC(C)(C)O2.Cc1cc(C)c2cc3c(cc2n1)C=CC(C)(C)O3.Cc1cc(C)c2cc3c(cc2n1)C=CC(C)(C)O3.Cc1cc(C)c2cc3c(cc2n1)C=CC(C)(C)O3.O=C(O)/C=C\C(=O)O. The molecule has 23 heteroatoms. The number of carboxylic acid groups (broad SMARTS) is 2. The molecule has 0 bridgehead atoms. The zero-order chi connectivity index (χ0) is 108. The standard InChI is InChI=1S/3C16H17NO.C16H22O3.C16H20O3.C16H20O2.C13H16O3.C11H13NO.C4H4O4/c3*1-10-7-11(2)17-14-8-12-5-6-16(3,4)18-15(12)9-13(10)14;2*1-4-5-12(17)8-11-6-7-15-13(9-11)14(18)10-16(2,3)19-15;1-4-5-14(17)11-12-6-7-15-13(10-12)8-9-16(2,3)18-15;1-3-4-11(15)7-10-5-6-13(16)12(8-10)9(2)14;1-11(2)6-5-8-7-9(12)3-4-10(8)13-11;5-3(6)1-2-4(7)8/h3*5-9H,1-4H3;6-7,9,14,18H,4-5,8,10H2,1-3H3;6-7,9H,4-5,8,10H2,1-3H3;6-10H,4-5,11H2,1-3H3;5-6,8,16H,3-4,7H2,1-2H3;3-7H,12H2,1-2H3;1-2H,(H,5,6)(H,7,8)/b;;;;;;;;2-1-. The summed E-state index contributed by atoms with van der Waals surface area (Å²) in [5.41, 5.74) is 25.4. The first-order valence-electron chi connectivity index (χ1n) is 50.5. The molecule has 11 aromatic rings. The number of hydrogen-bond acceptors (Lipinski definition) is 21. The number of aryl methyl sites for hydroxylation is 6.